The third-order valence-electron chi connectivity index (χ3n) is 4.34. The molecule has 4 rings (SSSR count). The summed E-state index contributed by atoms with van der Waals surface area (Å²) < 4.78 is 3.34. The Kier molecular flexibility index (Phi) is 4.08. The lowest BCUT2D eigenvalue weighted by molar-refractivity contribution is 0.653. The maximum atomic E-state index is 12.8. The lowest BCUT2D eigenvalue weighted by atomic mass is 10.1. The minimum Gasteiger partial charge on any atom is -0.298 e. The lowest BCUT2D eigenvalue weighted by Crippen LogP contribution is -2.21. The van der Waals surface area contributed by atoms with Crippen LogP contribution in [0.4, 0.5) is 0 Å². The number of rotatable bonds is 4. The highest BCUT2D eigenvalue weighted by molar-refractivity contribution is 5.75. The zero-order valence-electron chi connectivity index (χ0n) is 14.8. The van der Waals surface area contributed by atoms with Gasteiger partial charge in [0.1, 0.15) is 5.39 Å². The lowest BCUT2D eigenvalue weighted by Gasteiger charge is -2.07. The van der Waals surface area contributed by atoms with Crippen LogP contribution in [-0.2, 0) is 13.0 Å². The second kappa shape index (κ2) is 6.55. The molecule has 0 saturated carbocycles. The van der Waals surface area contributed by atoms with Crippen molar-refractivity contribution in [3.05, 3.63) is 82.3 Å². The van der Waals surface area contributed by atoms with E-state index in [0.29, 0.717) is 24.0 Å². The van der Waals surface area contributed by atoms with Crippen molar-refractivity contribution in [1.29, 1.82) is 0 Å². The molecule has 0 aliphatic heterocycles. The van der Waals surface area contributed by atoms with Crippen molar-refractivity contribution in [1.82, 2.24) is 24.3 Å². The van der Waals surface area contributed by atoms with Crippen LogP contribution in [0.15, 0.2) is 59.9 Å². The monoisotopic (exact) mass is 345 g/mol. The Morgan fingerprint density at radius 3 is 2.58 bits per heavy atom. The number of benzene rings is 1. The van der Waals surface area contributed by atoms with Crippen LogP contribution in [0.2, 0.25) is 0 Å². The molecule has 0 fully saturated rings. The summed E-state index contributed by atoms with van der Waals surface area (Å²) in [4.78, 5) is 21.6. The topological polar surface area (TPSA) is 65.6 Å². The number of hydrogen-bond donors (Lipinski definition) is 0. The van der Waals surface area contributed by atoms with Crippen molar-refractivity contribution in [2.45, 2.75) is 26.8 Å². The molecule has 4 aromatic rings. The molecule has 0 amide bonds. The van der Waals surface area contributed by atoms with Gasteiger partial charge in [0.2, 0.25) is 0 Å². The van der Waals surface area contributed by atoms with E-state index in [-0.39, 0.29) is 5.56 Å². The quantitative estimate of drug-likeness (QED) is 0.570. The molecule has 3 heterocycles. The van der Waals surface area contributed by atoms with Crippen molar-refractivity contribution in [2.75, 3.05) is 0 Å². The number of nitrogens with zero attached hydrogens (tertiary/aromatic N) is 5. The first-order valence-corrected chi connectivity index (χ1v) is 8.53. The molecule has 0 unspecified atom stereocenters. The van der Waals surface area contributed by atoms with Crippen LogP contribution >= 0.6 is 0 Å². The minimum absolute atomic E-state index is 0.0819. The predicted octanol–water partition coefficient (Wildman–Crippen LogP) is 2.84. The number of aromatic nitrogens is 5. The molecule has 0 aliphatic rings. The summed E-state index contributed by atoms with van der Waals surface area (Å²) >= 11 is 0. The fourth-order valence-electron chi connectivity index (χ4n) is 3.15. The normalized spacial score (nSPS) is 11.2. The van der Waals surface area contributed by atoms with Gasteiger partial charge in [0.25, 0.3) is 5.56 Å². The van der Waals surface area contributed by atoms with Gasteiger partial charge in [0, 0.05) is 24.9 Å². The fraction of sp³-hybridized carbons (Fsp3) is 0.200. The molecule has 1 aromatic carbocycles. The van der Waals surface area contributed by atoms with Gasteiger partial charge < -0.3 is 0 Å². The number of pyridine rings is 1. The number of aryl methyl sites for hydroxylation is 4. The van der Waals surface area contributed by atoms with Crippen molar-refractivity contribution >= 4 is 11.0 Å². The molecule has 130 valence electrons. The molecule has 0 spiro atoms. The maximum Gasteiger partial charge on any atom is 0.264 e. The summed E-state index contributed by atoms with van der Waals surface area (Å²) in [5, 5.41) is 4.92. The van der Waals surface area contributed by atoms with Crippen LogP contribution in [0.3, 0.4) is 0 Å². The van der Waals surface area contributed by atoms with Gasteiger partial charge in [-0.25, -0.2) is 9.67 Å². The van der Waals surface area contributed by atoms with E-state index in [0.717, 1.165) is 22.5 Å². The molecule has 26 heavy (non-hydrogen) atoms. The largest absolute Gasteiger partial charge is 0.298 e. The Bertz CT molecular complexity index is 1110. The third kappa shape index (κ3) is 3.01. The van der Waals surface area contributed by atoms with E-state index in [1.807, 2.05) is 44.2 Å². The van der Waals surface area contributed by atoms with Gasteiger partial charge in [-0.15, -0.1) is 0 Å². The second-order valence-corrected chi connectivity index (χ2v) is 6.45. The highest BCUT2D eigenvalue weighted by Crippen LogP contribution is 2.17. The second-order valence-electron chi connectivity index (χ2n) is 6.45. The number of hydrogen-bond acceptors (Lipinski definition) is 4. The van der Waals surface area contributed by atoms with Crippen molar-refractivity contribution in [3.63, 3.8) is 0 Å². The van der Waals surface area contributed by atoms with Gasteiger partial charge in [0.15, 0.2) is 5.65 Å². The smallest absolute Gasteiger partial charge is 0.264 e. The molecule has 3 aromatic heterocycles. The SMILES string of the molecule is Cc1cc(C)cc(-n2ncc3c(=O)n(CCc4ccccn4)cnc32)c1. The fourth-order valence-corrected chi connectivity index (χ4v) is 3.15. The maximum absolute atomic E-state index is 12.8. The van der Waals surface area contributed by atoms with Crippen LogP contribution in [0, 0.1) is 13.8 Å². The Morgan fingerprint density at radius 1 is 1.04 bits per heavy atom. The highest BCUT2D eigenvalue weighted by atomic mass is 16.1. The van der Waals surface area contributed by atoms with Gasteiger partial charge in [-0.05, 0) is 49.2 Å². The van der Waals surface area contributed by atoms with Crippen molar-refractivity contribution in [3.8, 4) is 5.69 Å². The molecule has 0 saturated heterocycles. The molecule has 6 heteroatoms. The molecule has 0 N–H and O–H groups in total. The number of fused-ring (bicyclic) bond motifs is 1. The van der Waals surface area contributed by atoms with Gasteiger partial charge in [-0.2, -0.15) is 5.10 Å². The van der Waals surface area contributed by atoms with E-state index in [4.69, 9.17) is 0 Å². The molecule has 0 radical (unpaired) electrons. The summed E-state index contributed by atoms with van der Waals surface area (Å²) in [6.07, 6.45) is 5.63. The average molecular weight is 345 g/mol. The van der Waals surface area contributed by atoms with E-state index in [1.54, 1.807) is 28.0 Å². The molecular weight excluding hydrogens is 326 g/mol. The molecule has 0 bridgehead atoms. The first-order valence-electron chi connectivity index (χ1n) is 8.53. The minimum atomic E-state index is -0.0819. The predicted molar refractivity (Wildman–Crippen MR) is 101 cm³/mol. The van der Waals surface area contributed by atoms with E-state index in [2.05, 4.69) is 21.1 Å². The van der Waals surface area contributed by atoms with Crippen LogP contribution in [0.5, 0.6) is 0 Å². The van der Waals surface area contributed by atoms with E-state index in [1.165, 1.54) is 0 Å². The average Bonchev–Trinajstić information content (AvgIpc) is 3.06. The van der Waals surface area contributed by atoms with Gasteiger partial charge in [-0.3, -0.25) is 14.3 Å². The summed E-state index contributed by atoms with van der Waals surface area (Å²) in [5.41, 5.74) is 4.65. The van der Waals surface area contributed by atoms with Crippen LogP contribution in [-0.4, -0.2) is 24.3 Å². The molecular formula is C20H19N5O. The van der Waals surface area contributed by atoms with Crippen molar-refractivity contribution < 1.29 is 0 Å². The standard InChI is InChI=1S/C20H19N5O/c1-14-9-15(2)11-17(10-14)25-19-18(12-23-25)20(26)24(13-22-19)8-6-16-5-3-4-7-21-16/h3-5,7,9-13H,6,8H2,1-2H3. The Balaban J connectivity index is 1.70. The first kappa shape index (κ1) is 16.2. The van der Waals surface area contributed by atoms with Gasteiger partial charge >= 0.3 is 0 Å². The zero-order valence-corrected chi connectivity index (χ0v) is 14.8. The van der Waals surface area contributed by atoms with Crippen LogP contribution < -0.4 is 5.56 Å². The van der Waals surface area contributed by atoms with Crippen LogP contribution in [0.25, 0.3) is 16.7 Å². The Labute approximate surface area is 150 Å². The van der Waals surface area contributed by atoms with Gasteiger partial charge in [0.05, 0.1) is 18.2 Å². The van der Waals surface area contributed by atoms with Crippen LogP contribution in [0.1, 0.15) is 16.8 Å². The van der Waals surface area contributed by atoms with E-state index < -0.39 is 0 Å². The zero-order chi connectivity index (χ0) is 18.1. The molecule has 0 atom stereocenters. The van der Waals surface area contributed by atoms with Gasteiger partial charge in [-0.1, -0.05) is 12.1 Å². The van der Waals surface area contributed by atoms with Crippen molar-refractivity contribution in [2.24, 2.45) is 0 Å². The van der Waals surface area contributed by atoms with E-state index >= 15 is 0 Å². The summed E-state index contributed by atoms with van der Waals surface area (Å²) in [6.45, 7) is 4.62. The highest BCUT2D eigenvalue weighted by Gasteiger charge is 2.12. The summed E-state index contributed by atoms with van der Waals surface area (Å²) in [7, 11) is 0. The summed E-state index contributed by atoms with van der Waals surface area (Å²) in [6, 6.07) is 12.0. The molecule has 0 aliphatic carbocycles. The molecule has 6 nitrogen and oxygen atoms in total. The van der Waals surface area contributed by atoms with E-state index in [9.17, 15) is 4.79 Å². The Hall–Kier alpha value is -3.28. The first-order chi connectivity index (χ1) is 12.6. The Morgan fingerprint density at radius 2 is 1.85 bits per heavy atom. The third-order valence-corrected chi connectivity index (χ3v) is 4.34. The summed E-state index contributed by atoms with van der Waals surface area (Å²) in [5.74, 6) is 0.